The van der Waals surface area contributed by atoms with Gasteiger partial charge in [-0.1, -0.05) is 66.4 Å². The molecule has 5 heteroatoms. The average molecular weight is 413 g/mol. The number of nitrogens with one attached hydrogen (secondary N) is 1. The number of carbonyl (C=O) groups is 2. The molecule has 0 aliphatic heterocycles. The molecule has 1 aliphatic rings. The van der Waals surface area contributed by atoms with Gasteiger partial charge in [-0.3, -0.25) is 9.59 Å². The van der Waals surface area contributed by atoms with Gasteiger partial charge in [-0.25, -0.2) is 0 Å². The van der Waals surface area contributed by atoms with Crippen molar-refractivity contribution in [1.82, 2.24) is 10.2 Å². The lowest BCUT2D eigenvalue weighted by Gasteiger charge is -2.30. The summed E-state index contributed by atoms with van der Waals surface area (Å²) >= 11 is 5.96. The summed E-state index contributed by atoms with van der Waals surface area (Å²) in [5.74, 6) is -0.142. The summed E-state index contributed by atoms with van der Waals surface area (Å²) in [6.45, 7) is 4.26. The normalized spacial score (nSPS) is 15.1. The van der Waals surface area contributed by atoms with E-state index in [-0.39, 0.29) is 24.3 Å². The largest absolute Gasteiger partial charge is 0.352 e. The van der Waals surface area contributed by atoms with Crippen LogP contribution in [0.15, 0.2) is 48.5 Å². The third-order valence-electron chi connectivity index (χ3n) is 5.57. The maximum Gasteiger partial charge on any atom is 0.242 e. The van der Waals surface area contributed by atoms with E-state index in [0.29, 0.717) is 11.6 Å². The second-order valence-electron chi connectivity index (χ2n) is 7.98. The molecule has 3 rings (SSSR count). The molecule has 0 unspecified atom stereocenters. The van der Waals surface area contributed by atoms with Crippen molar-refractivity contribution < 1.29 is 9.59 Å². The van der Waals surface area contributed by atoms with E-state index < -0.39 is 6.04 Å². The lowest BCUT2D eigenvalue weighted by atomic mass is 10.1. The molecule has 0 radical (unpaired) electrons. The zero-order valence-corrected chi connectivity index (χ0v) is 17.9. The van der Waals surface area contributed by atoms with Crippen molar-refractivity contribution in [1.29, 1.82) is 0 Å². The molecule has 29 heavy (non-hydrogen) atoms. The van der Waals surface area contributed by atoms with E-state index in [9.17, 15) is 9.59 Å². The minimum absolute atomic E-state index is 0.0668. The summed E-state index contributed by atoms with van der Waals surface area (Å²) in [4.78, 5) is 27.7. The van der Waals surface area contributed by atoms with Gasteiger partial charge >= 0.3 is 0 Å². The molecule has 2 aromatic rings. The highest BCUT2D eigenvalue weighted by molar-refractivity contribution is 6.30. The van der Waals surface area contributed by atoms with Crippen LogP contribution in [0.25, 0.3) is 0 Å². The van der Waals surface area contributed by atoms with Gasteiger partial charge in [0.2, 0.25) is 11.8 Å². The van der Waals surface area contributed by atoms with Gasteiger partial charge in [-0.2, -0.15) is 0 Å². The van der Waals surface area contributed by atoms with Crippen LogP contribution in [0.2, 0.25) is 5.02 Å². The Morgan fingerprint density at radius 1 is 1.10 bits per heavy atom. The molecule has 0 saturated heterocycles. The first-order valence-corrected chi connectivity index (χ1v) is 10.7. The molecule has 1 saturated carbocycles. The van der Waals surface area contributed by atoms with Crippen molar-refractivity contribution in [3.8, 4) is 0 Å². The van der Waals surface area contributed by atoms with Gasteiger partial charge in [0.05, 0.1) is 6.42 Å². The quantitative estimate of drug-likeness (QED) is 0.718. The zero-order valence-electron chi connectivity index (χ0n) is 17.2. The fourth-order valence-corrected chi connectivity index (χ4v) is 3.99. The average Bonchev–Trinajstić information content (AvgIpc) is 3.20. The van der Waals surface area contributed by atoms with E-state index in [1.807, 2.05) is 44.2 Å². The predicted molar refractivity (Wildman–Crippen MR) is 117 cm³/mol. The molecule has 2 amide bonds. The number of benzene rings is 2. The first-order chi connectivity index (χ1) is 13.9. The number of hydrogen-bond acceptors (Lipinski definition) is 2. The van der Waals surface area contributed by atoms with Gasteiger partial charge in [0.1, 0.15) is 6.04 Å². The molecule has 4 nitrogen and oxygen atoms in total. The summed E-state index contributed by atoms with van der Waals surface area (Å²) < 4.78 is 0. The lowest BCUT2D eigenvalue weighted by molar-refractivity contribution is -0.140. The van der Waals surface area contributed by atoms with Gasteiger partial charge in [0.25, 0.3) is 0 Å². The second-order valence-corrected chi connectivity index (χ2v) is 8.42. The van der Waals surface area contributed by atoms with Crippen molar-refractivity contribution in [2.45, 2.75) is 64.6 Å². The maximum atomic E-state index is 13.2. The Morgan fingerprint density at radius 3 is 2.45 bits per heavy atom. The summed E-state index contributed by atoms with van der Waals surface area (Å²) in [6, 6.07) is 15.0. The monoisotopic (exact) mass is 412 g/mol. The molecule has 0 aromatic heterocycles. The number of halogens is 1. The molecule has 154 valence electrons. The van der Waals surface area contributed by atoms with E-state index in [1.165, 1.54) is 0 Å². The van der Waals surface area contributed by atoms with Crippen LogP contribution >= 0.6 is 11.6 Å². The number of hydrogen-bond donors (Lipinski definition) is 1. The smallest absolute Gasteiger partial charge is 0.242 e. The minimum Gasteiger partial charge on any atom is -0.352 e. The number of rotatable bonds is 7. The number of carbonyl (C=O) groups excluding carboxylic acids is 2. The van der Waals surface area contributed by atoms with Gasteiger partial charge in [-0.15, -0.1) is 0 Å². The van der Waals surface area contributed by atoms with Crippen molar-refractivity contribution in [2.75, 3.05) is 0 Å². The topological polar surface area (TPSA) is 49.4 Å². The van der Waals surface area contributed by atoms with Crippen molar-refractivity contribution >= 4 is 23.4 Å². The van der Waals surface area contributed by atoms with Crippen LogP contribution in [0.3, 0.4) is 0 Å². The molecule has 0 spiro atoms. The Balaban J connectivity index is 1.76. The Hall–Kier alpha value is -2.33. The Bertz CT molecular complexity index is 844. The maximum absolute atomic E-state index is 13.2. The number of nitrogens with zero attached hydrogens (tertiary/aromatic N) is 1. The molecule has 0 heterocycles. The summed E-state index contributed by atoms with van der Waals surface area (Å²) in [6.07, 6.45) is 4.60. The molecule has 1 atom stereocenters. The van der Waals surface area contributed by atoms with E-state index in [1.54, 1.807) is 17.0 Å². The highest BCUT2D eigenvalue weighted by Gasteiger charge is 2.28. The summed E-state index contributed by atoms with van der Waals surface area (Å²) in [7, 11) is 0. The predicted octanol–water partition coefficient (Wildman–Crippen LogP) is 4.67. The van der Waals surface area contributed by atoms with Crippen LogP contribution in [0, 0.1) is 6.92 Å². The van der Waals surface area contributed by atoms with Crippen LogP contribution in [-0.2, 0) is 22.6 Å². The third kappa shape index (κ3) is 6.07. The Kier molecular flexibility index (Phi) is 7.32. The molecular formula is C24H29ClN2O2. The van der Waals surface area contributed by atoms with Gasteiger partial charge in [-0.05, 0) is 49.9 Å². The van der Waals surface area contributed by atoms with Gasteiger partial charge in [0, 0.05) is 17.6 Å². The van der Waals surface area contributed by atoms with E-state index in [0.717, 1.165) is 42.4 Å². The number of aryl methyl sites for hydroxylation is 1. The molecule has 1 fully saturated rings. The summed E-state index contributed by atoms with van der Waals surface area (Å²) in [5.41, 5.74) is 3.04. The van der Waals surface area contributed by atoms with Crippen LogP contribution in [0.5, 0.6) is 0 Å². The SMILES string of the molecule is Cc1cccc(CN(C(=O)Cc2ccc(Cl)cc2)[C@@H](C)C(=O)NC2CCCC2)c1. The molecule has 1 N–H and O–H groups in total. The summed E-state index contributed by atoms with van der Waals surface area (Å²) in [5, 5.41) is 3.77. The highest BCUT2D eigenvalue weighted by atomic mass is 35.5. The molecular weight excluding hydrogens is 384 g/mol. The molecule has 2 aromatic carbocycles. The van der Waals surface area contributed by atoms with Crippen LogP contribution in [0.1, 0.15) is 49.3 Å². The number of amides is 2. The van der Waals surface area contributed by atoms with E-state index in [2.05, 4.69) is 11.4 Å². The fourth-order valence-electron chi connectivity index (χ4n) is 3.86. The standard InChI is InChI=1S/C24H29ClN2O2/c1-17-6-5-7-20(14-17)16-27(18(2)24(29)26-22-8-3-4-9-22)23(28)15-19-10-12-21(25)13-11-19/h5-7,10-14,18,22H,3-4,8-9,15-16H2,1-2H3,(H,26,29)/t18-/m0/s1. The van der Waals surface area contributed by atoms with Crippen molar-refractivity contribution in [3.63, 3.8) is 0 Å². The lowest BCUT2D eigenvalue weighted by Crippen LogP contribution is -2.50. The first-order valence-electron chi connectivity index (χ1n) is 10.3. The van der Waals surface area contributed by atoms with E-state index in [4.69, 9.17) is 11.6 Å². The molecule has 0 bridgehead atoms. The van der Waals surface area contributed by atoms with Crippen LogP contribution in [0.4, 0.5) is 0 Å². The van der Waals surface area contributed by atoms with E-state index >= 15 is 0 Å². The Labute approximate surface area is 178 Å². The second kappa shape index (κ2) is 9.93. The molecule has 1 aliphatic carbocycles. The fraction of sp³-hybridized carbons (Fsp3) is 0.417. The zero-order chi connectivity index (χ0) is 20.8. The van der Waals surface area contributed by atoms with Gasteiger partial charge in [0.15, 0.2) is 0 Å². The third-order valence-corrected chi connectivity index (χ3v) is 5.82. The van der Waals surface area contributed by atoms with Crippen molar-refractivity contribution in [3.05, 3.63) is 70.2 Å². The van der Waals surface area contributed by atoms with Gasteiger partial charge < -0.3 is 10.2 Å². The van der Waals surface area contributed by atoms with Crippen LogP contribution in [-0.4, -0.2) is 28.8 Å². The van der Waals surface area contributed by atoms with Crippen LogP contribution < -0.4 is 5.32 Å². The minimum atomic E-state index is -0.532. The first kappa shape index (κ1) is 21.4. The Morgan fingerprint density at radius 2 is 1.79 bits per heavy atom. The van der Waals surface area contributed by atoms with Crippen molar-refractivity contribution in [2.24, 2.45) is 0 Å². The highest BCUT2D eigenvalue weighted by Crippen LogP contribution is 2.19.